The van der Waals surface area contributed by atoms with Crippen LogP contribution in [0.3, 0.4) is 0 Å². The highest BCUT2D eigenvalue weighted by molar-refractivity contribution is 5.72. The van der Waals surface area contributed by atoms with Gasteiger partial charge >= 0.3 is 5.97 Å². The van der Waals surface area contributed by atoms with Crippen molar-refractivity contribution in [3.05, 3.63) is 37.1 Å². The summed E-state index contributed by atoms with van der Waals surface area (Å²) in [5.74, 6) is 0.309. The molecule has 1 heterocycles. The second kappa shape index (κ2) is 4.92. The summed E-state index contributed by atoms with van der Waals surface area (Å²) in [5.41, 5.74) is 0. The minimum absolute atomic E-state index is 0.211. The van der Waals surface area contributed by atoms with E-state index in [1.54, 1.807) is 18.5 Å². The van der Waals surface area contributed by atoms with Crippen LogP contribution in [0.1, 0.15) is 12.2 Å². The molecule has 0 spiro atoms. The third-order valence-electron chi connectivity index (χ3n) is 1.26. The molecule has 1 N–H and O–H groups in total. The second-order valence-electron chi connectivity index (χ2n) is 2.26. The van der Waals surface area contributed by atoms with E-state index in [4.69, 9.17) is 4.74 Å². The van der Waals surface area contributed by atoms with E-state index in [0.29, 0.717) is 5.82 Å². The van der Waals surface area contributed by atoms with Crippen LogP contribution in [0.2, 0.25) is 0 Å². The van der Waals surface area contributed by atoms with Crippen molar-refractivity contribution in [2.45, 2.75) is 6.42 Å². The van der Waals surface area contributed by atoms with E-state index in [-0.39, 0.29) is 12.4 Å². The zero-order valence-corrected chi connectivity index (χ0v) is 7.06. The first-order chi connectivity index (χ1) is 6.33. The van der Waals surface area contributed by atoms with Gasteiger partial charge in [-0.3, -0.25) is 4.79 Å². The zero-order valence-electron chi connectivity index (χ0n) is 7.06. The number of nitrogens with zero attached hydrogens (tertiary/aromatic N) is 1. The molecule has 0 aliphatic heterocycles. The van der Waals surface area contributed by atoms with Gasteiger partial charge in [-0.2, -0.15) is 0 Å². The molecule has 4 heteroatoms. The van der Waals surface area contributed by atoms with Crippen molar-refractivity contribution >= 4 is 12.0 Å². The standard InChI is InChI=1S/C9H10N2O2/c1-2-3-9(12)13-7-4-8-10-5-6-11-8/h2,4-7H,1,3H2,(H,10,11). The summed E-state index contributed by atoms with van der Waals surface area (Å²) >= 11 is 0. The van der Waals surface area contributed by atoms with Gasteiger partial charge in [-0.05, 0) is 0 Å². The van der Waals surface area contributed by atoms with Crippen molar-refractivity contribution in [3.63, 3.8) is 0 Å². The average Bonchev–Trinajstić information content (AvgIpc) is 2.57. The molecule has 0 atom stereocenters. The Hall–Kier alpha value is -1.84. The maximum absolute atomic E-state index is 10.8. The van der Waals surface area contributed by atoms with Crippen LogP contribution in [0.15, 0.2) is 31.3 Å². The summed E-state index contributed by atoms with van der Waals surface area (Å²) in [7, 11) is 0. The van der Waals surface area contributed by atoms with E-state index in [2.05, 4.69) is 16.5 Å². The quantitative estimate of drug-likeness (QED) is 0.432. The maximum Gasteiger partial charge on any atom is 0.314 e. The first kappa shape index (κ1) is 9.25. The number of aromatic nitrogens is 2. The molecule has 0 unspecified atom stereocenters. The molecule has 0 radical (unpaired) electrons. The largest absolute Gasteiger partial charge is 0.434 e. The summed E-state index contributed by atoms with van der Waals surface area (Å²) in [6.45, 7) is 3.42. The van der Waals surface area contributed by atoms with Gasteiger partial charge in [0.1, 0.15) is 5.82 Å². The van der Waals surface area contributed by atoms with Gasteiger partial charge in [-0.15, -0.1) is 6.58 Å². The number of imidazole rings is 1. The smallest absolute Gasteiger partial charge is 0.314 e. The fraction of sp³-hybridized carbons (Fsp3) is 0.111. The first-order valence-electron chi connectivity index (χ1n) is 3.79. The third-order valence-corrected chi connectivity index (χ3v) is 1.26. The van der Waals surface area contributed by atoms with Gasteiger partial charge in [-0.25, -0.2) is 4.98 Å². The summed E-state index contributed by atoms with van der Waals surface area (Å²) in [6, 6.07) is 0. The van der Waals surface area contributed by atoms with Gasteiger partial charge in [0.05, 0.1) is 12.7 Å². The van der Waals surface area contributed by atoms with Crippen LogP contribution in [0, 0.1) is 0 Å². The molecule has 0 fully saturated rings. The monoisotopic (exact) mass is 178 g/mol. The predicted molar refractivity (Wildman–Crippen MR) is 48.5 cm³/mol. The van der Waals surface area contributed by atoms with E-state index in [0.717, 1.165) is 0 Å². The number of carbonyl (C=O) groups is 1. The van der Waals surface area contributed by atoms with Crippen molar-refractivity contribution in [1.82, 2.24) is 9.97 Å². The number of ether oxygens (including phenoxy) is 1. The Balaban J connectivity index is 2.34. The molecule has 13 heavy (non-hydrogen) atoms. The Morgan fingerprint density at radius 3 is 3.23 bits per heavy atom. The second-order valence-corrected chi connectivity index (χ2v) is 2.26. The van der Waals surface area contributed by atoms with Crippen LogP contribution < -0.4 is 0 Å². The topological polar surface area (TPSA) is 55.0 Å². The molecule has 0 aromatic carbocycles. The van der Waals surface area contributed by atoms with E-state index in [1.807, 2.05) is 0 Å². The van der Waals surface area contributed by atoms with Crippen molar-refractivity contribution < 1.29 is 9.53 Å². The minimum atomic E-state index is -0.335. The molecule has 1 aromatic heterocycles. The van der Waals surface area contributed by atoms with Crippen LogP contribution in [0.5, 0.6) is 0 Å². The molecule has 4 nitrogen and oxygen atoms in total. The van der Waals surface area contributed by atoms with Gasteiger partial charge in [0.25, 0.3) is 0 Å². The van der Waals surface area contributed by atoms with Gasteiger partial charge < -0.3 is 9.72 Å². The van der Waals surface area contributed by atoms with Crippen LogP contribution in [0.25, 0.3) is 6.08 Å². The molecular weight excluding hydrogens is 168 g/mol. The molecule has 1 rings (SSSR count). The normalized spacial score (nSPS) is 10.2. The number of aromatic amines is 1. The van der Waals surface area contributed by atoms with Crippen molar-refractivity contribution in [1.29, 1.82) is 0 Å². The van der Waals surface area contributed by atoms with Crippen molar-refractivity contribution in [2.75, 3.05) is 0 Å². The number of hydrogen-bond donors (Lipinski definition) is 1. The molecule has 0 aliphatic rings. The molecule has 1 aromatic rings. The lowest BCUT2D eigenvalue weighted by molar-refractivity contribution is -0.136. The number of rotatable bonds is 4. The number of hydrogen-bond acceptors (Lipinski definition) is 3. The zero-order chi connectivity index (χ0) is 9.52. The van der Waals surface area contributed by atoms with Crippen LogP contribution in [0.4, 0.5) is 0 Å². The fourth-order valence-corrected chi connectivity index (χ4v) is 0.709. The molecule has 0 saturated carbocycles. The van der Waals surface area contributed by atoms with Crippen molar-refractivity contribution in [2.24, 2.45) is 0 Å². The number of nitrogens with one attached hydrogen (secondary N) is 1. The highest BCUT2D eigenvalue weighted by Gasteiger charge is 1.94. The molecular formula is C9H10N2O2. The van der Waals surface area contributed by atoms with Gasteiger partial charge in [0.15, 0.2) is 0 Å². The number of esters is 1. The number of carbonyl (C=O) groups excluding carboxylic acids is 1. The molecule has 0 bridgehead atoms. The van der Waals surface area contributed by atoms with E-state index in [9.17, 15) is 4.79 Å². The Kier molecular flexibility index (Phi) is 3.50. The highest BCUT2D eigenvalue weighted by atomic mass is 16.5. The van der Waals surface area contributed by atoms with E-state index < -0.39 is 0 Å². The fourth-order valence-electron chi connectivity index (χ4n) is 0.709. The molecule has 0 saturated heterocycles. The molecule has 0 aliphatic carbocycles. The van der Waals surface area contributed by atoms with Crippen LogP contribution >= 0.6 is 0 Å². The SMILES string of the molecule is C=CCC(=O)OC=Cc1ncc[nH]1. The van der Waals surface area contributed by atoms with E-state index >= 15 is 0 Å². The summed E-state index contributed by atoms with van der Waals surface area (Å²) in [4.78, 5) is 17.5. The molecule has 0 amide bonds. The minimum Gasteiger partial charge on any atom is -0.434 e. The van der Waals surface area contributed by atoms with Gasteiger partial charge in [0.2, 0.25) is 0 Å². The third kappa shape index (κ3) is 3.37. The van der Waals surface area contributed by atoms with Crippen LogP contribution in [-0.2, 0) is 9.53 Å². The predicted octanol–water partition coefficient (Wildman–Crippen LogP) is 1.50. The lowest BCUT2D eigenvalue weighted by Gasteiger charge is -1.92. The Labute approximate surface area is 75.9 Å². The lowest BCUT2D eigenvalue weighted by atomic mass is 10.4. The summed E-state index contributed by atoms with van der Waals surface area (Å²) in [6.07, 6.45) is 7.87. The average molecular weight is 178 g/mol. The Bertz CT molecular complexity index is 301. The Morgan fingerprint density at radius 1 is 1.77 bits per heavy atom. The van der Waals surface area contributed by atoms with Gasteiger partial charge in [-0.1, -0.05) is 6.08 Å². The summed E-state index contributed by atoms with van der Waals surface area (Å²) < 4.78 is 4.70. The maximum atomic E-state index is 10.8. The van der Waals surface area contributed by atoms with E-state index in [1.165, 1.54) is 12.3 Å². The summed E-state index contributed by atoms with van der Waals surface area (Å²) in [5, 5.41) is 0. The number of H-pyrrole nitrogens is 1. The first-order valence-corrected chi connectivity index (χ1v) is 3.79. The van der Waals surface area contributed by atoms with Gasteiger partial charge in [0, 0.05) is 18.5 Å². The molecule has 68 valence electrons. The van der Waals surface area contributed by atoms with Crippen LogP contribution in [-0.4, -0.2) is 15.9 Å². The highest BCUT2D eigenvalue weighted by Crippen LogP contribution is 1.94. The Morgan fingerprint density at radius 2 is 2.62 bits per heavy atom. The lowest BCUT2D eigenvalue weighted by Crippen LogP contribution is -1.95. The van der Waals surface area contributed by atoms with Crippen molar-refractivity contribution in [3.8, 4) is 0 Å².